The van der Waals surface area contributed by atoms with Crippen LogP contribution in [0.4, 0.5) is 49.6 Å². The summed E-state index contributed by atoms with van der Waals surface area (Å²) in [6.07, 6.45) is -11.3. The number of nitriles is 2. The van der Waals surface area contributed by atoms with Crippen LogP contribution in [0.5, 0.6) is 0 Å². The van der Waals surface area contributed by atoms with Gasteiger partial charge in [0, 0.05) is 5.22 Å². The first-order valence-electron chi connectivity index (χ1n) is 10.2. The first-order chi connectivity index (χ1) is 18.6. The van der Waals surface area contributed by atoms with Crippen LogP contribution in [0.15, 0.2) is 36.4 Å². The van der Waals surface area contributed by atoms with E-state index in [1.54, 1.807) is 0 Å². The fourth-order valence-corrected chi connectivity index (χ4v) is 3.79. The van der Waals surface area contributed by atoms with Gasteiger partial charge in [0.1, 0.15) is 6.07 Å². The Bertz CT molecular complexity index is 1810. The first kappa shape index (κ1) is 29.2. The van der Waals surface area contributed by atoms with Crippen molar-refractivity contribution < 1.29 is 43.9 Å². The number of rotatable bonds is 2. The Morgan fingerprint density at radius 3 is 1.80 bits per heavy atom. The summed E-state index contributed by atoms with van der Waals surface area (Å²) in [5.74, 6) is -9.03. The summed E-state index contributed by atoms with van der Waals surface area (Å²) >= 11 is 0. The second-order valence-electron chi connectivity index (χ2n) is 7.63. The number of halogens is 10. The van der Waals surface area contributed by atoms with E-state index in [9.17, 15) is 49.2 Å². The highest BCUT2D eigenvalue weighted by atomic mass is 19.4. The van der Waals surface area contributed by atoms with E-state index in [0.29, 0.717) is 24.3 Å². The fraction of sp³-hybridized carbons (Fsp3) is 0.0769. The van der Waals surface area contributed by atoms with Gasteiger partial charge in [-0.25, -0.2) is 32.5 Å². The summed E-state index contributed by atoms with van der Waals surface area (Å²) in [5, 5.41) is 17.5. The van der Waals surface area contributed by atoms with Crippen molar-refractivity contribution in [3.8, 4) is 23.3 Å². The van der Waals surface area contributed by atoms with Crippen LogP contribution in [0.1, 0.15) is 16.7 Å². The van der Waals surface area contributed by atoms with Gasteiger partial charge in [0.05, 0.1) is 41.5 Å². The van der Waals surface area contributed by atoms with Crippen molar-refractivity contribution in [2.24, 2.45) is 0 Å². The smallest absolute Gasteiger partial charge is 0.232 e. The van der Waals surface area contributed by atoms with E-state index in [-0.39, 0.29) is 6.07 Å². The molecule has 0 N–H and O–H groups in total. The number of alkyl halides is 6. The van der Waals surface area contributed by atoms with Crippen LogP contribution in [0, 0.1) is 59.1 Å². The fourth-order valence-electron chi connectivity index (χ4n) is 3.79. The SMILES string of the molecule is [C-]#[N+]/C(C#N)=c1\cc/c(=C(/C#N)c2c(F)c(F)c([N+]#[C-])c(F)c2F)c(-c2cccc(C(F)(F)F)c2C(F)(F)F)c1. The van der Waals surface area contributed by atoms with Gasteiger partial charge in [-0.3, -0.25) is 0 Å². The zero-order chi connectivity index (χ0) is 30.2. The van der Waals surface area contributed by atoms with Crippen molar-refractivity contribution in [2.75, 3.05) is 0 Å². The average molecular weight is 564 g/mol. The molecule has 0 radical (unpaired) electrons. The Morgan fingerprint density at radius 2 is 1.35 bits per heavy atom. The van der Waals surface area contributed by atoms with Crippen LogP contribution < -0.4 is 10.4 Å². The van der Waals surface area contributed by atoms with Crippen molar-refractivity contribution in [1.82, 2.24) is 0 Å². The monoisotopic (exact) mass is 564 g/mol. The molecule has 0 amide bonds. The molecule has 0 saturated heterocycles. The molecule has 14 heteroatoms. The molecular weight excluding hydrogens is 558 g/mol. The topological polar surface area (TPSA) is 56.3 Å². The van der Waals surface area contributed by atoms with E-state index in [2.05, 4.69) is 9.69 Å². The van der Waals surface area contributed by atoms with E-state index in [1.165, 1.54) is 12.1 Å². The van der Waals surface area contributed by atoms with Crippen molar-refractivity contribution in [2.45, 2.75) is 12.4 Å². The third-order valence-electron chi connectivity index (χ3n) is 5.44. The van der Waals surface area contributed by atoms with Gasteiger partial charge >= 0.3 is 12.4 Å². The lowest BCUT2D eigenvalue weighted by atomic mass is 9.90. The number of benzene rings is 3. The minimum atomic E-state index is -5.71. The summed E-state index contributed by atoms with van der Waals surface area (Å²) in [4.78, 5) is 5.16. The van der Waals surface area contributed by atoms with Gasteiger partial charge in [-0.2, -0.15) is 31.6 Å². The second kappa shape index (κ2) is 10.4. The van der Waals surface area contributed by atoms with Gasteiger partial charge in [-0.1, -0.05) is 30.3 Å². The number of hydrogen-bond acceptors (Lipinski definition) is 2. The molecule has 0 aliphatic carbocycles. The van der Waals surface area contributed by atoms with Gasteiger partial charge in [0.2, 0.25) is 0 Å². The average Bonchev–Trinajstić information content (AvgIpc) is 2.90. The molecule has 0 heterocycles. The Hall–Kier alpha value is -5.34. The number of nitrogens with zero attached hydrogens (tertiary/aromatic N) is 4. The van der Waals surface area contributed by atoms with Crippen molar-refractivity contribution in [3.63, 3.8) is 0 Å². The van der Waals surface area contributed by atoms with Gasteiger partial charge in [0.25, 0.3) is 11.4 Å². The highest BCUT2D eigenvalue weighted by molar-refractivity contribution is 5.84. The van der Waals surface area contributed by atoms with Gasteiger partial charge in [-0.05, 0) is 22.4 Å². The highest BCUT2D eigenvalue weighted by Crippen LogP contribution is 2.44. The Labute approximate surface area is 217 Å². The molecule has 3 aromatic rings. The molecule has 0 spiro atoms. The molecule has 3 rings (SSSR count). The first-order valence-corrected chi connectivity index (χ1v) is 10.2. The van der Waals surface area contributed by atoms with Crippen molar-refractivity contribution in [1.29, 1.82) is 10.5 Å². The minimum Gasteiger partial charge on any atom is -0.232 e. The summed E-state index contributed by atoms with van der Waals surface area (Å²) in [7, 11) is 0. The van der Waals surface area contributed by atoms with Crippen LogP contribution in [0.25, 0.3) is 32.1 Å². The van der Waals surface area contributed by atoms with Crippen molar-refractivity contribution >= 4 is 17.0 Å². The van der Waals surface area contributed by atoms with Crippen LogP contribution in [-0.4, -0.2) is 0 Å². The van der Waals surface area contributed by atoms with E-state index < -0.39 is 90.8 Å². The third kappa shape index (κ3) is 4.91. The number of hydrogen-bond donors (Lipinski definition) is 0. The summed E-state index contributed by atoms with van der Waals surface area (Å²) in [5.41, 5.74) is -12.4. The Balaban J connectivity index is 2.76. The molecule has 0 atom stereocenters. The maximum Gasteiger partial charge on any atom is 0.417 e. The molecule has 0 aliphatic rings. The standard InChI is InChI=1S/C26H6F10N4/c1-39-17(10-38)11-6-7-12(15(9-37)18-20(27)22(29)24(40-2)23(30)21(18)28)14(8-11)13-4-3-5-16(25(31,32)33)19(13)26(34,35)36/h3-8H/b15-12+,17-11+. The van der Waals surface area contributed by atoms with E-state index in [4.69, 9.17) is 18.4 Å². The van der Waals surface area contributed by atoms with E-state index in [1.807, 2.05) is 0 Å². The van der Waals surface area contributed by atoms with Crippen molar-refractivity contribution in [3.05, 3.63) is 110 Å². The molecule has 0 bridgehead atoms. The van der Waals surface area contributed by atoms with Gasteiger partial charge in [-0.15, -0.1) is 0 Å². The minimum absolute atomic E-state index is 0.101. The molecule has 0 fully saturated rings. The highest BCUT2D eigenvalue weighted by Gasteiger charge is 2.45. The molecule has 0 saturated carbocycles. The molecular formula is C26H6F10N4. The van der Waals surface area contributed by atoms with Gasteiger partial charge in [0.15, 0.2) is 23.3 Å². The molecule has 200 valence electrons. The lowest BCUT2D eigenvalue weighted by molar-refractivity contribution is -0.161. The predicted molar refractivity (Wildman–Crippen MR) is 117 cm³/mol. The van der Waals surface area contributed by atoms with E-state index >= 15 is 0 Å². The summed E-state index contributed by atoms with van der Waals surface area (Å²) < 4.78 is 141. The molecule has 3 aromatic carbocycles. The molecule has 40 heavy (non-hydrogen) atoms. The Morgan fingerprint density at radius 1 is 0.750 bits per heavy atom. The summed E-state index contributed by atoms with van der Waals surface area (Å²) in [6, 6.07) is 5.83. The zero-order valence-electron chi connectivity index (χ0n) is 19.0. The largest absolute Gasteiger partial charge is 0.417 e. The lowest BCUT2D eigenvalue weighted by Gasteiger charge is -2.20. The van der Waals surface area contributed by atoms with Crippen LogP contribution in [-0.2, 0) is 12.4 Å². The maximum absolute atomic E-state index is 14.8. The quantitative estimate of drug-likeness (QED) is 0.196. The lowest BCUT2D eigenvalue weighted by Crippen LogP contribution is -2.22. The third-order valence-corrected chi connectivity index (χ3v) is 5.44. The van der Waals surface area contributed by atoms with Crippen LogP contribution >= 0.6 is 0 Å². The van der Waals surface area contributed by atoms with Crippen LogP contribution in [0.2, 0.25) is 0 Å². The predicted octanol–water partition coefficient (Wildman–Crippen LogP) is 6.77. The Kier molecular flexibility index (Phi) is 7.62. The molecule has 0 aliphatic heterocycles. The van der Waals surface area contributed by atoms with Gasteiger partial charge < -0.3 is 0 Å². The van der Waals surface area contributed by atoms with E-state index in [0.717, 1.165) is 6.07 Å². The second-order valence-corrected chi connectivity index (χ2v) is 7.63. The normalized spacial score (nSPS) is 12.9. The summed E-state index contributed by atoms with van der Waals surface area (Å²) in [6.45, 7) is 13.7. The maximum atomic E-state index is 14.8. The van der Waals surface area contributed by atoms with Crippen LogP contribution in [0.3, 0.4) is 0 Å². The zero-order valence-corrected chi connectivity index (χ0v) is 19.0. The molecule has 4 nitrogen and oxygen atoms in total. The molecule has 0 unspecified atom stereocenters. The molecule has 0 aromatic heterocycles.